The Morgan fingerprint density at radius 1 is 1.36 bits per heavy atom. The summed E-state index contributed by atoms with van der Waals surface area (Å²) in [5, 5.41) is 12.3. The van der Waals surface area contributed by atoms with E-state index in [1.165, 1.54) is 0 Å². The van der Waals surface area contributed by atoms with Gasteiger partial charge in [0, 0.05) is 30.6 Å². The van der Waals surface area contributed by atoms with Gasteiger partial charge >= 0.3 is 0 Å². The smallest absolute Gasteiger partial charge is 0.224 e. The summed E-state index contributed by atoms with van der Waals surface area (Å²) in [5.41, 5.74) is 2.92. The standard InChI is InChI=1S/C21H25N5O2/c1-28-17-5-2-4-15(12-17)13-19(27)23-10-11-26-21-18(6-3-8-24-21)20(25-26)16-7-9-22-14-16/h2-6,8,12,16,22H,7,9-11,13-14H2,1H3,(H,23,27). The van der Waals surface area contributed by atoms with E-state index in [2.05, 4.69) is 21.7 Å². The molecule has 2 N–H and O–H groups in total. The Morgan fingerprint density at radius 2 is 2.29 bits per heavy atom. The van der Waals surface area contributed by atoms with Gasteiger partial charge in [-0.05, 0) is 42.8 Å². The highest BCUT2D eigenvalue weighted by Gasteiger charge is 2.23. The number of rotatable bonds is 7. The van der Waals surface area contributed by atoms with Crippen LogP contribution in [0.4, 0.5) is 0 Å². The molecule has 1 amide bonds. The summed E-state index contributed by atoms with van der Waals surface area (Å²) in [6, 6.07) is 11.6. The first-order chi connectivity index (χ1) is 13.7. The molecule has 0 bridgehead atoms. The van der Waals surface area contributed by atoms with Crippen LogP contribution >= 0.6 is 0 Å². The van der Waals surface area contributed by atoms with E-state index in [1.54, 1.807) is 13.3 Å². The lowest BCUT2D eigenvalue weighted by Crippen LogP contribution is -2.29. The highest BCUT2D eigenvalue weighted by Crippen LogP contribution is 2.27. The van der Waals surface area contributed by atoms with Crippen molar-refractivity contribution >= 4 is 16.9 Å². The number of hydrogen-bond acceptors (Lipinski definition) is 5. The van der Waals surface area contributed by atoms with Crippen LogP contribution in [0, 0.1) is 0 Å². The van der Waals surface area contributed by atoms with Crippen molar-refractivity contribution in [3.63, 3.8) is 0 Å². The molecule has 1 aromatic carbocycles. The van der Waals surface area contributed by atoms with Crippen molar-refractivity contribution in [3.8, 4) is 5.75 Å². The second kappa shape index (κ2) is 8.39. The quantitative estimate of drug-likeness (QED) is 0.655. The lowest BCUT2D eigenvalue weighted by atomic mass is 10.0. The fourth-order valence-corrected chi connectivity index (χ4v) is 3.71. The van der Waals surface area contributed by atoms with Gasteiger partial charge in [-0.3, -0.25) is 4.79 Å². The first-order valence-corrected chi connectivity index (χ1v) is 9.66. The Kier molecular flexibility index (Phi) is 5.53. The first kappa shape index (κ1) is 18.4. The zero-order valence-electron chi connectivity index (χ0n) is 16.0. The molecule has 3 heterocycles. The normalized spacial score (nSPS) is 16.4. The molecule has 146 valence electrons. The van der Waals surface area contributed by atoms with Crippen molar-refractivity contribution in [3.05, 3.63) is 53.9 Å². The molecule has 2 aromatic heterocycles. The van der Waals surface area contributed by atoms with Gasteiger partial charge < -0.3 is 15.4 Å². The number of methoxy groups -OCH3 is 1. The molecule has 1 aliphatic rings. The molecule has 28 heavy (non-hydrogen) atoms. The molecule has 1 unspecified atom stereocenters. The van der Waals surface area contributed by atoms with Gasteiger partial charge in [-0.2, -0.15) is 5.10 Å². The number of amides is 1. The van der Waals surface area contributed by atoms with E-state index in [4.69, 9.17) is 9.84 Å². The van der Waals surface area contributed by atoms with Gasteiger partial charge in [0.05, 0.1) is 25.8 Å². The molecule has 1 aliphatic heterocycles. The maximum Gasteiger partial charge on any atom is 0.224 e. The predicted octanol–water partition coefficient (Wildman–Crippen LogP) is 1.88. The van der Waals surface area contributed by atoms with Crippen LogP contribution in [-0.4, -0.2) is 47.4 Å². The summed E-state index contributed by atoms with van der Waals surface area (Å²) < 4.78 is 7.12. The average Bonchev–Trinajstić information content (AvgIpc) is 3.36. The summed E-state index contributed by atoms with van der Waals surface area (Å²) in [6.07, 6.45) is 3.21. The summed E-state index contributed by atoms with van der Waals surface area (Å²) in [7, 11) is 1.62. The van der Waals surface area contributed by atoms with Gasteiger partial charge in [0.25, 0.3) is 0 Å². The summed E-state index contributed by atoms with van der Waals surface area (Å²) >= 11 is 0. The van der Waals surface area contributed by atoms with Crippen molar-refractivity contribution < 1.29 is 9.53 Å². The van der Waals surface area contributed by atoms with Crippen molar-refractivity contribution in [2.24, 2.45) is 0 Å². The van der Waals surface area contributed by atoms with Crippen LogP contribution in [-0.2, 0) is 17.8 Å². The monoisotopic (exact) mass is 379 g/mol. The Morgan fingerprint density at radius 3 is 3.11 bits per heavy atom. The third kappa shape index (κ3) is 3.99. The lowest BCUT2D eigenvalue weighted by molar-refractivity contribution is -0.120. The first-order valence-electron chi connectivity index (χ1n) is 9.66. The van der Waals surface area contributed by atoms with E-state index in [0.717, 1.165) is 47.6 Å². The van der Waals surface area contributed by atoms with Crippen molar-refractivity contribution in [2.45, 2.75) is 25.3 Å². The SMILES string of the molecule is COc1cccc(CC(=O)NCCn2nc(C3CCNC3)c3cccnc32)c1. The van der Waals surface area contributed by atoms with E-state index in [-0.39, 0.29) is 5.91 Å². The summed E-state index contributed by atoms with van der Waals surface area (Å²) in [6.45, 7) is 3.09. The Hall–Kier alpha value is -2.93. The number of benzene rings is 1. The molecule has 1 saturated heterocycles. The van der Waals surface area contributed by atoms with E-state index in [0.29, 0.717) is 25.4 Å². The van der Waals surface area contributed by atoms with E-state index < -0.39 is 0 Å². The van der Waals surface area contributed by atoms with Crippen LogP contribution in [0.3, 0.4) is 0 Å². The third-order valence-corrected chi connectivity index (χ3v) is 5.13. The van der Waals surface area contributed by atoms with Gasteiger partial charge in [-0.25, -0.2) is 9.67 Å². The number of carbonyl (C=O) groups is 1. The third-order valence-electron chi connectivity index (χ3n) is 5.13. The summed E-state index contributed by atoms with van der Waals surface area (Å²) in [5.74, 6) is 1.17. The van der Waals surface area contributed by atoms with Crippen LogP contribution in [0.25, 0.3) is 11.0 Å². The maximum absolute atomic E-state index is 12.3. The number of hydrogen-bond donors (Lipinski definition) is 2. The summed E-state index contributed by atoms with van der Waals surface area (Å²) in [4.78, 5) is 16.8. The molecule has 3 aromatic rings. The lowest BCUT2D eigenvalue weighted by Gasteiger charge is -2.07. The van der Waals surface area contributed by atoms with Crippen LogP contribution in [0.5, 0.6) is 5.75 Å². The van der Waals surface area contributed by atoms with Crippen molar-refractivity contribution in [2.75, 3.05) is 26.7 Å². The van der Waals surface area contributed by atoms with Crippen LogP contribution in [0.1, 0.15) is 23.6 Å². The highest BCUT2D eigenvalue weighted by molar-refractivity contribution is 5.79. The van der Waals surface area contributed by atoms with Gasteiger partial charge in [0.2, 0.25) is 5.91 Å². The molecule has 0 saturated carbocycles. The second-order valence-corrected chi connectivity index (χ2v) is 7.05. The average molecular weight is 379 g/mol. The molecule has 4 rings (SSSR count). The maximum atomic E-state index is 12.3. The van der Waals surface area contributed by atoms with E-state index >= 15 is 0 Å². The van der Waals surface area contributed by atoms with Gasteiger partial charge in [0.1, 0.15) is 5.75 Å². The van der Waals surface area contributed by atoms with E-state index in [1.807, 2.05) is 35.0 Å². The Labute approximate surface area is 164 Å². The van der Waals surface area contributed by atoms with Gasteiger partial charge in [0.15, 0.2) is 5.65 Å². The minimum Gasteiger partial charge on any atom is -0.497 e. The van der Waals surface area contributed by atoms with Gasteiger partial charge in [-0.15, -0.1) is 0 Å². The topological polar surface area (TPSA) is 81.1 Å². The molecule has 1 atom stereocenters. The number of aromatic nitrogens is 3. The number of pyridine rings is 1. The molecule has 0 radical (unpaired) electrons. The predicted molar refractivity (Wildman–Crippen MR) is 107 cm³/mol. The highest BCUT2D eigenvalue weighted by atomic mass is 16.5. The number of fused-ring (bicyclic) bond motifs is 1. The largest absolute Gasteiger partial charge is 0.497 e. The van der Waals surface area contributed by atoms with Crippen LogP contribution < -0.4 is 15.4 Å². The Bertz CT molecular complexity index is 962. The molecule has 7 nitrogen and oxygen atoms in total. The number of nitrogens with zero attached hydrogens (tertiary/aromatic N) is 3. The second-order valence-electron chi connectivity index (χ2n) is 7.05. The fourth-order valence-electron chi connectivity index (χ4n) is 3.71. The molecule has 0 aliphatic carbocycles. The van der Waals surface area contributed by atoms with Crippen molar-refractivity contribution in [1.82, 2.24) is 25.4 Å². The molecule has 7 heteroatoms. The fraction of sp³-hybridized carbons (Fsp3) is 0.381. The minimum absolute atomic E-state index is 0.0158. The number of ether oxygens (including phenoxy) is 1. The minimum atomic E-state index is -0.0158. The zero-order valence-corrected chi connectivity index (χ0v) is 16.0. The van der Waals surface area contributed by atoms with Gasteiger partial charge in [-0.1, -0.05) is 12.1 Å². The van der Waals surface area contributed by atoms with Crippen molar-refractivity contribution in [1.29, 1.82) is 0 Å². The molecular formula is C21H25N5O2. The molecule has 0 spiro atoms. The zero-order chi connectivity index (χ0) is 19.3. The van der Waals surface area contributed by atoms with E-state index in [9.17, 15) is 4.79 Å². The number of carbonyl (C=O) groups excluding carboxylic acids is 1. The molecular weight excluding hydrogens is 354 g/mol. The molecule has 1 fully saturated rings. The number of nitrogens with one attached hydrogen (secondary N) is 2. The Balaban J connectivity index is 1.39. The van der Waals surface area contributed by atoms with Crippen LogP contribution in [0.15, 0.2) is 42.6 Å². The van der Waals surface area contributed by atoms with Crippen LogP contribution in [0.2, 0.25) is 0 Å².